The van der Waals surface area contributed by atoms with Crippen molar-refractivity contribution in [1.29, 1.82) is 0 Å². The summed E-state index contributed by atoms with van der Waals surface area (Å²) in [6.45, 7) is 0. The number of nitrogens with zero attached hydrogens (tertiary/aromatic N) is 2. The third-order valence-corrected chi connectivity index (χ3v) is 4.44. The average molecular weight is 406 g/mol. The summed E-state index contributed by atoms with van der Waals surface area (Å²) in [7, 11) is 0. The van der Waals surface area contributed by atoms with E-state index in [1.165, 1.54) is 6.07 Å². The molecule has 1 aromatic heterocycles. The minimum atomic E-state index is -4.71. The number of carbonyl (C=O) groups excluding carboxylic acids is 2. The van der Waals surface area contributed by atoms with Crippen LogP contribution in [0, 0.1) is 0 Å². The summed E-state index contributed by atoms with van der Waals surface area (Å²) >= 11 is 0.793. The number of hydrogen-bond donors (Lipinski definition) is 2. The van der Waals surface area contributed by atoms with E-state index in [0.29, 0.717) is 11.1 Å². The van der Waals surface area contributed by atoms with Crippen LogP contribution in [0.1, 0.15) is 5.82 Å². The molecule has 0 bridgehead atoms. The summed E-state index contributed by atoms with van der Waals surface area (Å²) in [6, 6.07) is 13.9. The number of carbonyl (C=O) groups is 2. The summed E-state index contributed by atoms with van der Waals surface area (Å²) in [5, 5.41) is 4.99. The van der Waals surface area contributed by atoms with Crippen LogP contribution in [-0.2, 0) is 11.0 Å². The first-order valence-electron chi connectivity index (χ1n) is 7.95. The lowest BCUT2D eigenvalue weighted by molar-refractivity contribution is -0.145. The van der Waals surface area contributed by atoms with Crippen molar-refractivity contribution in [2.75, 3.05) is 11.1 Å². The Labute approximate surface area is 161 Å². The van der Waals surface area contributed by atoms with Gasteiger partial charge in [-0.25, -0.2) is 14.8 Å². The number of benzene rings is 2. The molecule has 144 valence electrons. The molecule has 3 amide bonds. The molecular formula is C18H13F3N4O2S. The van der Waals surface area contributed by atoms with E-state index < -0.39 is 23.9 Å². The molecule has 6 nitrogen and oxygen atoms in total. The van der Waals surface area contributed by atoms with Gasteiger partial charge in [-0.3, -0.25) is 10.1 Å². The van der Waals surface area contributed by atoms with Gasteiger partial charge in [0.15, 0.2) is 0 Å². The van der Waals surface area contributed by atoms with Gasteiger partial charge in [-0.1, -0.05) is 48.2 Å². The van der Waals surface area contributed by atoms with Crippen LogP contribution in [0.3, 0.4) is 0 Å². The first kappa shape index (κ1) is 19.6. The minimum Gasteiger partial charge on any atom is -0.308 e. The topological polar surface area (TPSA) is 84.0 Å². The summed E-state index contributed by atoms with van der Waals surface area (Å²) in [5.74, 6) is -2.24. The number of aromatic nitrogens is 2. The van der Waals surface area contributed by atoms with Crippen LogP contribution in [0.5, 0.6) is 0 Å². The maximum absolute atomic E-state index is 13.0. The third kappa shape index (κ3) is 4.97. The van der Waals surface area contributed by atoms with Crippen molar-refractivity contribution in [3.8, 4) is 0 Å². The van der Waals surface area contributed by atoms with E-state index in [1.807, 2.05) is 0 Å². The molecule has 3 rings (SSSR count). The zero-order valence-corrected chi connectivity index (χ0v) is 15.0. The van der Waals surface area contributed by atoms with E-state index in [0.717, 1.165) is 11.8 Å². The molecule has 0 saturated heterocycles. The van der Waals surface area contributed by atoms with Crippen LogP contribution in [0.2, 0.25) is 0 Å². The van der Waals surface area contributed by atoms with Crippen LogP contribution >= 0.6 is 11.8 Å². The highest BCUT2D eigenvalue weighted by molar-refractivity contribution is 8.00. The van der Waals surface area contributed by atoms with Gasteiger partial charge in [-0.15, -0.1) is 0 Å². The molecule has 10 heteroatoms. The number of imide groups is 1. The fourth-order valence-corrected chi connectivity index (χ4v) is 3.08. The van der Waals surface area contributed by atoms with Crippen molar-refractivity contribution in [1.82, 2.24) is 15.3 Å². The number of para-hydroxylation sites is 2. The van der Waals surface area contributed by atoms with Crippen LogP contribution in [0.4, 0.5) is 23.7 Å². The van der Waals surface area contributed by atoms with Crippen LogP contribution < -0.4 is 10.6 Å². The highest BCUT2D eigenvalue weighted by Gasteiger charge is 2.35. The Balaban J connectivity index is 1.69. The Hall–Kier alpha value is -3.14. The Bertz CT molecular complexity index is 1010. The maximum atomic E-state index is 13.0. The lowest BCUT2D eigenvalue weighted by atomic mass is 10.2. The molecule has 0 atom stereocenters. The molecule has 0 radical (unpaired) electrons. The number of rotatable bonds is 4. The third-order valence-electron chi connectivity index (χ3n) is 3.45. The lowest BCUT2D eigenvalue weighted by Gasteiger charge is -2.10. The van der Waals surface area contributed by atoms with Crippen LogP contribution in [0.15, 0.2) is 59.6 Å². The van der Waals surface area contributed by atoms with Crippen LogP contribution in [-0.4, -0.2) is 27.7 Å². The summed E-state index contributed by atoms with van der Waals surface area (Å²) in [6.07, 6.45) is -4.71. The van der Waals surface area contributed by atoms with Crippen molar-refractivity contribution < 1.29 is 22.8 Å². The average Bonchev–Trinajstić information content (AvgIpc) is 2.66. The number of thioether (sulfide) groups is 1. The van der Waals surface area contributed by atoms with Gasteiger partial charge in [0.05, 0.1) is 11.3 Å². The Kier molecular flexibility index (Phi) is 5.78. The second kappa shape index (κ2) is 8.26. The van der Waals surface area contributed by atoms with Crippen molar-refractivity contribution in [3.63, 3.8) is 0 Å². The molecule has 3 aromatic rings. The number of alkyl halides is 3. The molecule has 0 aliphatic carbocycles. The predicted molar refractivity (Wildman–Crippen MR) is 98.9 cm³/mol. The van der Waals surface area contributed by atoms with E-state index in [9.17, 15) is 22.8 Å². The van der Waals surface area contributed by atoms with E-state index in [2.05, 4.69) is 20.6 Å². The van der Waals surface area contributed by atoms with Gasteiger partial charge in [0.25, 0.3) is 0 Å². The molecule has 0 unspecified atom stereocenters. The van der Waals surface area contributed by atoms with Gasteiger partial charge in [-0.2, -0.15) is 13.2 Å². The molecule has 2 aromatic carbocycles. The van der Waals surface area contributed by atoms with Gasteiger partial charge < -0.3 is 5.32 Å². The Morgan fingerprint density at radius 2 is 1.64 bits per heavy atom. The van der Waals surface area contributed by atoms with Gasteiger partial charge in [0.1, 0.15) is 5.03 Å². The van der Waals surface area contributed by atoms with Gasteiger partial charge in [0, 0.05) is 11.1 Å². The van der Waals surface area contributed by atoms with Crippen molar-refractivity contribution in [2.24, 2.45) is 0 Å². The number of hydrogen-bond acceptors (Lipinski definition) is 5. The zero-order valence-electron chi connectivity index (χ0n) is 14.2. The first-order chi connectivity index (χ1) is 13.3. The standard InChI is InChI=1S/C18H13F3N4O2S/c19-18(20,21)16-23-13-9-5-4-8-12(13)15(25-16)28-10-14(26)24-17(27)22-11-6-2-1-3-7-11/h1-9H,10H2,(H2,22,24,26,27). The van der Waals surface area contributed by atoms with Crippen molar-refractivity contribution in [2.45, 2.75) is 11.2 Å². The van der Waals surface area contributed by atoms with E-state index in [1.54, 1.807) is 48.5 Å². The van der Waals surface area contributed by atoms with E-state index in [-0.39, 0.29) is 16.3 Å². The number of halogens is 3. The molecular weight excluding hydrogens is 393 g/mol. The normalized spacial score (nSPS) is 11.2. The predicted octanol–water partition coefficient (Wildman–Crippen LogP) is 4.09. The fraction of sp³-hybridized carbons (Fsp3) is 0.111. The number of anilines is 1. The van der Waals surface area contributed by atoms with Gasteiger partial charge in [-0.05, 0) is 18.2 Å². The van der Waals surface area contributed by atoms with E-state index in [4.69, 9.17) is 0 Å². The molecule has 0 saturated carbocycles. The Morgan fingerprint density at radius 3 is 2.36 bits per heavy atom. The quantitative estimate of drug-likeness (QED) is 0.504. The Morgan fingerprint density at radius 1 is 0.964 bits per heavy atom. The second-order valence-corrected chi connectivity index (χ2v) is 6.49. The number of nitrogens with one attached hydrogen (secondary N) is 2. The highest BCUT2D eigenvalue weighted by Crippen LogP contribution is 2.31. The van der Waals surface area contributed by atoms with Crippen molar-refractivity contribution in [3.05, 3.63) is 60.4 Å². The second-order valence-electron chi connectivity index (χ2n) is 5.52. The molecule has 2 N–H and O–H groups in total. The lowest BCUT2D eigenvalue weighted by Crippen LogP contribution is -2.35. The van der Waals surface area contributed by atoms with Gasteiger partial charge in [0.2, 0.25) is 11.7 Å². The van der Waals surface area contributed by atoms with E-state index >= 15 is 0 Å². The molecule has 28 heavy (non-hydrogen) atoms. The molecule has 0 aliphatic heterocycles. The zero-order chi connectivity index (χ0) is 20.1. The highest BCUT2D eigenvalue weighted by atomic mass is 32.2. The largest absolute Gasteiger partial charge is 0.451 e. The summed E-state index contributed by atoms with van der Waals surface area (Å²) in [4.78, 5) is 30.8. The fourth-order valence-electron chi connectivity index (χ4n) is 2.26. The monoisotopic (exact) mass is 406 g/mol. The molecule has 0 aliphatic rings. The smallest absolute Gasteiger partial charge is 0.308 e. The summed E-state index contributed by atoms with van der Waals surface area (Å²) < 4.78 is 39.0. The van der Waals surface area contributed by atoms with Gasteiger partial charge >= 0.3 is 12.2 Å². The number of fused-ring (bicyclic) bond motifs is 1. The summed E-state index contributed by atoms with van der Waals surface area (Å²) in [5.41, 5.74) is 0.617. The first-order valence-corrected chi connectivity index (χ1v) is 8.94. The molecule has 1 heterocycles. The van der Waals surface area contributed by atoms with Crippen LogP contribution in [0.25, 0.3) is 10.9 Å². The number of urea groups is 1. The SMILES string of the molecule is O=C(CSc1nc(C(F)(F)F)nc2ccccc12)NC(=O)Nc1ccccc1. The van der Waals surface area contributed by atoms with Crippen molar-refractivity contribution >= 4 is 40.3 Å². The number of amides is 3. The molecule has 0 fully saturated rings. The molecule has 0 spiro atoms. The maximum Gasteiger partial charge on any atom is 0.451 e. The minimum absolute atomic E-state index is 0.0107.